The number of amides is 1. The highest BCUT2D eigenvalue weighted by atomic mass is 32.2. The fourth-order valence-electron chi connectivity index (χ4n) is 1.17. The average molecular weight is 269 g/mol. The molecule has 0 unspecified atom stereocenters. The highest BCUT2D eigenvalue weighted by Crippen LogP contribution is 2.21. The van der Waals surface area contributed by atoms with Crippen LogP contribution in [0.5, 0.6) is 0 Å². The molecule has 0 aromatic carbocycles. The van der Waals surface area contributed by atoms with Gasteiger partial charge in [0.15, 0.2) is 10.2 Å². The highest BCUT2D eigenvalue weighted by Gasteiger charge is 2.10. The molecule has 8 heteroatoms. The van der Waals surface area contributed by atoms with Crippen LogP contribution in [0.3, 0.4) is 0 Å². The molecule has 0 aliphatic carbocycles. The molecule has 0 bridgehead atoms. The smallest absolute Gasteiger partial charge is 0.294 e. The number of nitrogen functional groups attached to an aromatic ring is 1. The third kappa shape index (κ3) is 2.84. The predicted octanol–water partition coefficient (Wildman–Crippen LogP) is 0.772. The summed E-state index contributed by atoms with van der Waals surface area (Å²) >= 11 is 2.85. The van der Waals surface area contributed by atoms with Crippen LogP contribution in [0, 0.1) is 0 Å². The molecule has 2 heterocycles. The molecule has 0 saturated heterocycles. The minimum atomic E-state index is -0.358. The number of hydrazine groups is 1. The van der Waals surface area contributed by atoms with Crippen molar-refractivity contribution < 1.29 is 4.79 Å². The third-order valence-electron chi connectivity index (χ3n) is 2.00. The lowest BCUT2D eigenvalue weighted by Gasteiger charge is -1.98. The van der Waals surface area contributed by atoms with Crippen LogP contribution in [0.25, 0.3) is 0 Å². The number of carbonyl (C=O) groups is 1. The molecule has 6 nitrogen and oxygen atoms in total. The average Bonchev–Trinajstić information content (AvgIpc) is 2.94. The molecule has 0 fully saturated rings. The Hall–Kier alpha value is -1.38. The van der Waals surface area contributed by atoms with Gasteiger partial charge in [-0.05, 0) is 0 Å². The van der Waals surface area contributed by atoms with Crippen LogP contribution in [-0.4, -0.2) is 20.4 Å². The van der Waals surface area contributed by atoms with Crippen molar-refractivity contribution in [3.05, 3.63) is 28.5 Å². The monoisotopic (exact) mass is 269 g/mol. The van der Waals surface area contributed by atoms with Gasteiger partial charge in [-0.3, -0.25) is 10.2 Å². The van der Waals surface area contributed by atoms with E-state index in [0.717, 1.165) is 10.9 Å². The molecule has 0 aliphatic rings. The number of hydrogen-bond acceptors (Lipinski definition) is 6. The summed E-state index contributed by atoms with van der Waals surface area (Å²) in [5.41, 5.74) is 2.91. The van der Waals surface area contributed by atoms with Crippen LogP contribution in [0.2, 0.25) is 0 Å². The molecular weight excluding hydrogens is 258 g/mol. The molecular formula is C9H11N5OS2. The van der Waals surface area contributed by atoms with Gasteiger partial charge in [-0.2, -0.15) is 0 Å². The topological polar surface area (TPSA) is 85.8 Å². The normalized spacial score (nSPS) is 10.5. The van der Waals surface area contributed by atoms with E-state index in [1.165, 1.54) is 11.3 Å². The van der Waals surface area contributed by atoms with Gasteiger partial charge < -0.3 is 4.57 Å². The summed E-state index contributed by atoms with van der Waals surface area (Å²) in [5, 5.41) is 3.14. The maximum Gasteiger partial charge on any atom is 0.294 e. The maximum absolute atomic E-state index is 11.2. The van der Waals surface area contributed by atoms with Crippen LogP contribution in [0.4, 0.5) is 0 Å². The second kappa shape index (κ2) is 5.30. The van der Waals surface area contributed by atoms with E-state index in [1.54, 1.807) is 18.0 Å². The fraction of sp³-hybridized carbons (Fsp3) is 0.222. The summed E-state index contributed by atoms with van der Waals surface area (Å²) in [6, 6.07) is 0. The van der Waals surface area contributed by atoms with Crippen LogP contribution >= 0.6 is 23.1 Å². The van der Waals surface area contributed by atoms with Crippen molar-refractivity contribution in [1.29, 1.82) is 0 Å². The van der Waals surface area contributed by atoms with Gasteiger partial charge >= 0.3 is 0 Å². The Morgan fingerprint density at radius 2 is 2.53 bits per heavy atom. The maximum atomic E-state index is 11.2. The molecule has 1 amide bonds. The molecule has 90 valence electrons. The Kier molecular flexibility index (Phi) is 3.77. The summed E-state index contributed by atoms with van der Waals surface area (Å²) < 4.78 is 1.94. The fourth-order valence-corrected chi connectivity index (χ4v) is 2.82. The minimum absolute atomic E-state index is 0.358. The number of nitrogens with one attached hydrogen (secondary N) is 1. The number of carbonyl (C=O) groups excluding carboxylic acids is 1. The van der Waals surface area contributed by atoms with Crippen molar-refractivity contribution in [3.63, 3.8) is 0 Å². The van der Waals surface area contributed by atoms with Gasteiger partial charge in [0.2, 0.25) is 0 Å². The molecule has 0 spiro atoms. The number of rotatable bonds is 4. The van der Waals surface area contributed by atoms with E-state index in [1.807, 2.05) is 23.2 Å². The van der Waals surface area contributed by atoms with E-state index in [-0.39, 0.29) is 5.91 Å². The molecule has 2 aromatic heterocycles. The van der Waals surface area contributed by atoms with Crippen LogP contribution in [0.1, 0.15) is 15.5 Å². The van der Waals surface area contributed by atoms with Gasteiger partial charge in [-0.25, -0.2) is 15.8 Å². The van der Waals surface area contributed by atoms with E-state index in [4.69, 9.17) is 5.84 Å². The first-order chi connectivity index (χ1) is 8.20. The lowest BCUT2D eigenvalue weighted by molar-refractivity contribution is 0.0953. The molecule has 2 rings (SSSR count). The van der Waals surface area contributed by atoms with Crippen molar-refractivity contribution in [2.24, 2.45) is 12.9 Å². The van der Waals surface area contributed by atoms with Crippen molar-refractivity contribution in [2.75, 3.05) is 0 Å². The molecule has 0 atom stereocenters. The third-order valence-corrected chi connectivity index (χ3v) is 3.98. The highest BCUT2D eigenvalue weighted by molar-refractivity contribution is 7.98. The number of nitrogens with two attached hydrogens (primary N) is 1. The second-order valence-electron chi connectivity index (χ2n) is 3.23. The van der Waals surface area contributed by atoms with Gasteiger partial charge in [-0.1, -0.05) is 11.8 Å². The van der Waals surface area contributed by atoms with Crippen molar-refractivity contribution in [2.45, 2.75) is 10.9 Å². The Morgan fingerprint density at radius 3 is 3.18 bits per heavy atom. The summed E-state index contributed by atoms with van der Waals surface area (Å²) in [4.78, 5) is 19.6. The van der Waals surface area contributed by atoms with Crippen LogP contribution < -0.4 is 11.3 Å². The van der Waals surface area contributed by atoms with E-state index < -0.39 is 0 Å². The summed E-state index contributed by atoms with van der Waals surface area (Å²) in [5.74, 6) is 5.35. The quantitative estimate of drug-likeness (QED) is 0.370. The first kappa shape index (κ1) is 12.1. The lowest BCUT2D eigenvalue weighted by atomic mass is 10.5. The molecule has 2 aromatic rings. The van der Waals surface area contributed by atoms with Gasteiger partial charge in [0.25, 0.3) is 5.91 Å². The first-order valence-corrected chi connectivity index (χ1v) is 6.62. The molecule has 0 radical (unpaired) electrons. The summed E-state index contributed by atoms with van der Waals surface area (Å²) in [6.45, 7) is 0. The minimum Gasteiger partial charge on any atom is -0.329 e. The number of imidazole rings is 1. The molecule has 3 N–H and O–H groups in total. The lowest BCUT2D eigenvalue weighted by Crippen LogP contribution is -2.29. The van der Waals surface area contributed by atoms with Crippen LogP contribution in [-0.2, 0) is 12.8 Å². The Bertz CT molecular complexity index is 521. The summed E-state index contributed by atoms with van der Waals surface area (Å²) in [7, 11) is 1.93. The zero-order valence-electron chi connectivity index (χ0n) is 9.08. The molecule has 0 saturated carbocycles. The van der Waals surface area contributed by atoms with Crippen LogP contribution in [0.15, 0.2) is 22.9 Å². The van der Waals surface area contributed by atoms with E-state index in [2.05, 4.69) is 15.4 Å². The van der Waals surface area contributed by atoms with Gasteiger partial charge in [-0.15, -0.1) is 11.3 Å². The molecule has 0 aliphatic heterocycles. The second-order valence-corrected chi connectivity index (χ2v) is 5.03. The Morgan fingerprint density at radius 1 is 1.71 bits per heavy atom. The van der Waals surface area contributed by atoms with E-state index in [0.29, 0.717) is 10.8 Å². The van der Waals surface area contributed by atoms with Crippen molar-refractivity contribution >= 4 is 29.0 Å². The number of thiazole rings is 1. The number of aromatic nitrogens is 3. The first-order valence-electron chi connectivity index (χ1n) is 4.76. The zero-order chi connectivity index (χ0) is 12.3. The van der Waals surface area contributed by atoms with E-state index in [9.17, 15) is 4.79 Å². The molecule has 17 heavy (non-hydrogen) atoms. The number of aryl methyl sites for hydroxylation is 1. The van der Waals surface area contributed by atoms with Gasteiger partial charge in [0, 0.05) is 30.6 Å². The largest absolute Gasteiger partial charge is 0.329 e. The number of hydrogen-bond donors (Lipinski definition) is 2. The zero-order valence-corrected chi connectivity index (χ0v) is 10.7. The van der Waals surface area contributed by atoms with E-state index >= 15 is 0 Å². The number of thioether (sulfide) groups is 1. The standard InChI is InChI=1S/C9H11N5OS2/c1-14-3-2-11-9(14)17-5-6-4-16-8(12-6)7(15)13-10/h2-4H,5,10H2,1H3,(H,13,15). The van der Waals surface area contributed by atoms with Gasteiger partial charge in [0.1, 0.15) is 0 Å². The number of nitrogens with zero attached hydrogens (tertiary/aromatic N) is 3. The Labute approximate surface area is 106 Å². The summed E-state index contributed by atoms with van der Waals surface area (Å²) in [6.07, 6.45) is 3.63. The van der Waals surface area contributed by atoms with Gasteiger partial charge in [0.05, 0.1) is 5.69 Å². The SMILES string of the molecule is Cn1ccnc1SCc1csc(C(=O)NN)n1. The Balaban J connectivity index is 1.98. The van der Waals surface area contributed by atoms with Crippen molar-refractivity contribution in [1.82, 2.24) is 20.0 Å². The van der Waals surface area contributed by atoms with Crippen molar-refractivity contribution in [3.8, 4) is 0 Å². The predicted molar refractivity (Wildman–Crippen MR) is 66.5 cm³/mol.